The van der Waals surface area contributed by atoms with E-state index in [2.05, 4.69) is 15.9 Å². The Bertz CT molecular complexity index is 669. The number of carbonyl (C=O) groups is 2. The molecule has 5 nitrogen and oxygen atoms in total. The maximum Gasteiger partial charge on any atom is 0.310 e. The highest BCUT2D eigenvalue weighted by molar-refractivity contribution is 9.10. The predicted molar refractivity (Wildman–Crippen MR) is 88.8 cm³/mol. The van der Waals surface area contributed by atoms with Crippen LogP contribution in [0.5, 0.6) is 0 Å². The number of amides is 1. The first-order chi connectivity index (χ1) is 11.0. The zero-order valence-corrected chi connectivity index (χ0v) is 14.6. The van der Waals surface area contributed by atoms with Gasteiger partial charge in [0, 0.05) is 16.6 Å². The topological polar surface area (TPSA) is 59.8 Å². The summed E-state index contributed by atoms with van der Waals surface area (Å²) < 4.78 is 10.9. The minimum Gasteiger partial charge on any atom is -0.469 e. The number of rotatable bonds is 6. The molecule has 0 aliphatic heterocycles. The van der Waals surface area contributed by atoms with E-state index >= 15 is 0 Å². The van der Waals surface area contributed by atoms with Crippen molar-refractivity contribution < 1.29 is 18.7 Å². The largest absolute Gasteiger partial charge is 0.469 e. The smallest absolute Gasteiger partial charge is 0.310 e. The molecule has 0 saturated heterocycles. The van der Waals surface area contributed by atoms with E-state index in [1.165, 1.54) is 7.11 Å². The van der Waals surface area contributed by atoms with E-state index in [-0.39, 0.29) is 18.4 Å². The number of benzene rings is 1. The van der Waals surface area contributed by atoms with E-state index in [9.17, 15) is 9.59 Å². The standard InChI is InChI=1S/C17H18BrNO4/c1-12(17(21)22-2)10-19(11-15-7-4-8-23-15)16(20)13-5-3-6-14(18)9-13/h3-9,12H,10-11H2,1-2H3. The van der Waals surface area contributed by atoms with E-state index in [1.807, 2.05) is 6.07 Å². The summed E-state index contributed by atoms with van der Waals surface area (Å²) in [6, 6.07) is 10.7. The fourth-order valence-corrected chi connectivity index (χ4v) is 2.62. The highest BCUT2D eigenvalue weighted by atomic mass is 79.9. The fourth-order valence-electron chi connectivity index (χ4n) is 2.22. The Morgan fingerprint density at radius 2 is 2.09 bits per heavy atom. The maximum atomic E-state index is 12.8. The van der Waals surface area contributed by atoms with Crippen LogP contribution in [0.2, 0.25) is 0 Å². The van der Waals surface area contributed by atoms with E-state index in [1.54, 1.807) is 48.4 Å². The summed E-state index contributed by atoms with van der Waals surface area (Å²) in [6.07, 6.45) is 1.56. The van der Waals surface area contributed by atoms with Crippen molar-refractivity contribution in [1.82, 2.24) is 4.90 Å². The third-order valence-corrected chi connectivity index (χ3v) is 3.88. The third-order valence-electron chi connectivity index (χ3n) is 3.38. The van der Waals surface area contributed by atoms with Crippen LogP contribution in [-0.4, -0.2) is 30.4 Å². The van der Waals surface area contributed by atoms with Crippen molar-refractivity contribution in [2.45, 2.75) is 13.5 Å². The van der Waals surface area contributed by atoms with Crippen molar-refractivity contribution >= 4 is 27.8 Å². The molecule has 0 radical (unpaired) electrons. The molecule has 2 aromatic rings. The number of ether oxygens (including phenoxy) is 1. The molecule has 1 aromatic carbocycles. The van der Waals surface area contributed by atoms with Crippen LogP contribution in [0.1, 0.15) is 23.0 Å². The van der Waals surface area contributed by atoms with Gasteiger partial charge in [0.05, 0.1) is 25.8 Å². The maximum absolute atomic E-state index is 12.8. The van der Waals surface area contributed by atoms with E-state index < -0.39 is 5.92 Å². The first-order valence-corrected chi connectivity index (χ1v) is 7.95. The lowest BCUT2D eigenvalue weighted by atomic mass is 10.1. The van der Waals surface area contributed by atoms with E-state index in [4.69, 9.17) is 9.15 Å². The second-order valence-electron chi connectivity index (χ2n) is 5.20. The van der Waals surface area contributed by atoms with Crippen LogP contribution in [0.15, 0.2) is 51.6 Å². The van der Waals surface area contributed by atoms with E-state index in [0.717, 1.165) is 4.47 Å². The van der Waals surface area contributed by atoms with Crippen LogP contribution >= 0.6 is 15.9 Å². The van der Waals surface area contributed by atoms with Crippen LogP contribution in [0.3, 0.4) is 0 Å². The summed E-state index contributed by atoms with van der Waals surface area (Å²) >= 11 is 3.36. The summed E-state index contributed by atoms with van der Waals surface area (Å²) in [5.74, 6) is -0.286. The molecule has 0 aliphatic rings. The first-order valence-electron chi connectivity index (χ1n) is 7.16. The highest BCUT2D eigenvalue weighted by Gasteiger charge is 2.23. The summed E-state index contributed by atoms with van der Waals surface area (Å²) in [5.41, 5.74) is 0.544. The molecule has 0 spiro atoms. The van der Waals surface area contributed by atoms with Gasteiger partial charge in [-0.2, -0.15) is 0 Å². The van der Waals surface area contributed by atoms with Crippen molar-refractivity contribution in [2.75, 3.05) is 13.7 Å². The lowest BCUT2D eigenvalue weighted by molar-refractivity contribution is -0.145. The first kappa shape index (κ1) is 17.3. The number of hydrogen-bond acceptors (Lipinski definition) is 4. The van der Waals surface area contributed by atoms with Gasteiger partial charge in [-0.15, -0.1) is 0 Å². The Kier molecular flexibility index (Phi) is 5.98. The summed E-state index contributed by atoms with van der Waals surface area (Å²) in [6.45, 7) is 2.27. The minimum absolute atomic E-state index is 0.168. The molecule has 0 N–H and O–H groups in total. The normalized spacial score (nSPS) is 11.8. The molecule has 0 fully saturated rings. The van der Waals surface area contributed by atoms with Crippen molar-refractivity contribution in [3.8, 4) is 0 Å². The van der Waals surface area contributed by atoms with Crippen molar-refractivity contribution in [2.24, 2.45) is 5.92 Å². The van der Waals surface area contributed by atoms with Gasteiger partial charge >= 0.3 is 5.97 Å². The number of nitrogens with zero attached hydrogens (tertiary/aromatic N) is 1. The molecule has 122 valence electrons. The zero-order valence-electron chi connectivity index (χ0n) is 13.0. The molecule has 0 aliphatic carbocycles. The molecule has 1 heterocycles. The van der Waals surface area contributed by atoms with Crippen LogP contribution in [0.4, 0.5) is 0 Å². The van der Waals surface area contributed by atoms with Gasteiger partial charge in [0.2, 0.25) is 0 Å². The molecule has 6 heteroatoms. The number of halogens is 1. The average molecular weight is 380 g/mol. The molecule has 1 unspecified atom stereocenters. The molecule has 1 aromatic heterocycles. The van der Waals surface area contributed by atoms with Gasteiger partial charge in [-0.3, -0.25) is 9.59 Å². The van der Waals surface area contributed by atoms with Gasteiger partial charge in [0.25, 0.3) is 5.91 Å². The Balaban J connectivity index is 2.21. The van der Waals surface area contributed by atoms with Crippen LogP contribution in [-0.2, 0) is 16.1 Å². The zero-order chi connectivity index (χ0) is 16.8. The van der Waals surface area contributed by atoms with Crippen molar-refractivity contribution in [3.05, 3.63) is 58.5 Å². The number of hydrogen-bond donors (Lipinski definition) is 0. The number of methoxy groups -OCH3 is 1. The Hall–Kier alpha value is -2.08. The lowest BCUT2D eigenvalue weighted by Crippen LogP contribution is -2.36. The number of furan rings is 1. The summed E-state index contributed by atoms with van der Waals surface area (Å²) in [4.78, 5) is 26.0. The Morgan fingerprint density at radius 3 is 2.70 bits per heavy atom. The third kappa shape index (κ3) is 4.69. The highest BCUT2D eigenvalue weighted by Crippen LogP contribution is 2.17. The van der Waals surface area contributed by atoms with Gasteiger partial charge in [-0.1, -0.05) is 28.9 Å². The lowest BCUT2D eigenvalue weighted by Gasteiger charge is -2.24. The van der Waals surface area contributed by atoms with Gasteiger partial charge in [-0.05, 0) is 30.3 Å². The SMILES string of the molecule is COC(=O)C(C)CN(Cc1ccco1)C(=O)c1cccc(Br)c1. The quantitative estimate of drug-likeness (QED) is 0.720. The summed E-state index contributed by atoms with van der Waals surface area (Å²) in [7, 11) is 1.34. The predicted octanol–water partition coefficient (Wildman–Crippen LogP) is 3.49. The second kappa shape index (κ2) is 7.97. The molecule has 0 saturated carbocycles. The fraction of sp³-hybridized carbons (Fsp3) is 0.294. The van der Waals surface area contributed by atoms with Gasteiger partial charge in [0.1, 0.15) is 5.76 Å². The monoisotopic (exact) mass is 379 g/mol. The molecular formula is C17H18BrNO4. The average Bonchev–Trinajstić information content (AvgIpc) is 3.05. The van der Waals surface area contributed by atoms with Crippen molar-refractivity contribution in [3.63, 3.8) is 0 Å². The molecule has 1 atom stereocenters. The van der Waals surface area contributed by atoms with Crippen LogP contribution in [0.25, 0.3) is 0 Å². The molecule has 1 amide bonds. The number of esters is 1. The van der Waals surface area contributed by atoms with Crippen LogP contribution in [0, 0.1) is 5.92 Å². The van der Waals surface area contributed by atoms with Gasteiger partial charge in [-0.25, -0.2) is 0 Å². The van der Waals surface area contributed by atoms with Crippen LogP contribution < -0.4 is 0 Å². The Labute approximate surface area is 143 Å². The van der Waals surface area contributed by atoms with E-state index in [0.29, 0.717) is 17.9 Å². The molecule has 23 heavy (non-hydrogen) atoms. The van der Waals surface area contributed by atoms with Crippen molar-refractivity contribution in [1.29, 1.82) is 0 Å². The number of carbonyl (C=O) groups excluding carboxylic acids is 2. The Morgan fingerprint density at radius 1 is 1.30 bits per heavy atom. The van der Waals surface area contributed by atoms with Gasteiger partial charge < -0.3 is 14.1 Å². The second-order valence-corrected chi connectivity index (χ2v) is 6.12. The molecular weight excluding hydrogens is 362 g/mol. The minimum atomic E-state index is -0.425. The van der Waals surface area contributed by atoms with Gasteiger partial charge in [0.15, 0.2) is 0 Å². The summed E-state index contributed by atoms with van der Waals surface area (Å²) in [5, 5.41) is 0. The molecule has 2 rings (SSSR count). The molecule has 0 bridgehead atoms.